The van der Waals surface area contributed by atoms with Crippen LogP contribution in [0.15, 0.2) is 48.6 Å². The van der Waals surface area contributed by atoms with Crippen LogP contribution in [0.2, 0.25) is 0 Å². The number of rotatable bonds is 51. The molecule has 0 aliphatic carbocycles. The van der Waals surface area contributed by atoms with E-state index in [1.165, 1.54) is 180 Å². The van der Waals surface area contributed by atoms with Gasteiger partial charge in [-0.1, -0.05) is 249 Å². The van der Waals surface area contributed by atoms with E-state index >= 15 is 0 Å². The maximum atomic E-state index is 12.8. The number of esters is 3. The minimum Gasteiger partial charge on any atom is -0.462 e. The van der Waals surface area contributed by atoms with Gasteiger partial charge in [-0.3, -0.25) is 14.4 Å². The Labute approximate surface area is 403 Å². The summed E-state index contributed by atoms with van der Waals surface area (Å²) in [5, 5.41) is 0. The van der Waals surface area contributed by atoms with E-state index in [0.717, 1.165) is 64.2 Å². The average Bonchev–Trinajstić information content (AvgIpc) is 3.30. The van der Waals surface area contributed by atoms with Gasteiger partial charge in [0.05, 0.1) is 0 Å². The average molecular weight is 911 g/mol. The number of carbonyl (C=O) groups excluding carboxylic acids is 3. The lowest BCUT2D eigenvalue weighted by Crippen LogP contribution is -2.30. The lowest BCUT2D eigenvalue weighted by Gasteiger charge is -2.18. The van der Waals surface area contributed by atoms with Gasteiger partial charge in [0, 0.05) is 19.3 Å². The van der Waals surface area contributed by atoms with Crippen LogP contribution < -0.4 is 0 Å². The van der Waals surface area contributed by atoms with Gasteiger partial charge in [0.2, 0.25) is 0 Å². The molecule has 0 aliphatic rings. The summed E-state index contributed by atoms with van der Waals surface area (Å²) in [6, 6.07) is 0. The van der Waals surface area contributed by atoms with Crippen molar-refractivity contribution in [2.75, 3.05) is 13.2 Å². The van der Waals surface area contributed by atoms with Crippen LogP contribution in [-0.2, 0) is 28.6 Å². The van der Waals surface area contributed by atoms with Crippen LogP contribution in [0.25, 0.3) is 0 Å². The molecule has 0 aromatic rings. The van der Waals surface area contributed by atoms with Crippen molar-refractivity contribution in [3.63, 3.8) is 0 Å². The zero-order valence-corrected chi connectivity index (χ0v) is 43.3. The zero-order chi connectivity index (χ0) is 47.2. The van der Waals surface area contributed by atoms with Crippen LogP contribution >= 0.6 is 0 Å². The van der Waals surface area contributed by atoms with Crippen molar-refractivity contribution in [2.45, 2.75) is 297 Å². The van der Waals surface area contributed by atoms with Gasteiger partial charge < -0.3 is 14.2 Å². The molecule has 0 fully saturated rings. The molecule has 0 amide bonds. The van der Waals surface area contributed by atoms with Crippen LogP contribution in [-0.4, -0.2) is 37.2 Å². The van der Waals surface area contributed by atoms with E-state index in [4.69, 9.17) is 14.2 Å². The van der Waals surface area contributed by atoms with E-state index in [2.05, 4.69) is 63.3 Å². The van der Waals surface area contributed by atoms with Crippen molar-refractivity contribution >= 4 is 17.9 Å². The third-order valence-electron chi connectivity index (χ3n) is 12.3. The summed E-state index contributed by atoms with van der Waals surface area (Å²) >= 11 is 0. The molecule has 0 rings (SSSR count). The highest BCUT2D eigenvalue weighted by molar-refractivity contribution is 5.71. The third-order valence-corrected chi connectivity index (χ3v) is 12.3. The monoisotopic (exact) mass is 911 g/mol. The number of carbonyl (C=O) groups is 3. The summed E-state index contributed by atoms with van der Waals surface area (Å²) < 4.78 is 16.8. The second-order valence-electron chi connectivity index (χ2n) is 18.8. The zero-order valence-electron chi connectivity index (χ0n) is 43.3. The second-order valence-corrected chi connectivity index (χ2v) is 18.8. The van der Waals surface area contributed by atoms with Crippen LogP contribution in [0.4, 0.5) is 0 Å². The Morgan fingerprint density at radius 2 is 0.585 bits per heavy atom. The summed E-state index contributed by atoms with van der Waals surface area (Å²) in [6.07, 6.45) is 65.4. The third kappa shape index (κ3) is 52.2. The standard InChI is InChI=1S/C59H106O6/c1-4-7-10-13-16-19-22-25-27-29-31-34-37-40-43-46-49-52-58(61)64-55-56(54-63-57(60)51-48-45-42-39-36-33-24-21-18-15-12-9-6-3)65-59(62)53-50-47-44-41-38-35-32-30-28-26-23-20-17-14-11-8-5-2/h16,19,25,27,33,36,42,45,56H,4-15,17-18,20-24,26,28-32,34-35,37-41,43-44,46-55H2,1-3H3/b19-16+,27-25+,36-33+,45-42+. The van der Waals surface area contributed by atoms with Crippen LogP contribution in [0, 0.1) is 0 Å². The molecule has 6 nitrogen and oxygen atoms in total. The minimum absolute atomic E-state index is 0.0917. The van der Waals surface area contributed by atoms with Gasteiger partial charge in [-0.05, 0) is 70.6 Å². The fraction of sp³-hybridized carbons (Fsp3) is 0.814. The molecule has 0 bridgehead atoms. The van der Waals surface area contributed by atoms with Crippen molar-refractivity contribution in [2.24, 2.45) is 0 Å². The topological polar surface area (TPSA) is 78.9 Å². The predicted octanol–water partition coefficient (Wildman–Crippen LogP) is 18.7. The van der Waals surface area contributed by atoms with Crippen molar-refractivity contribution in [3.8, 4) is 0 Å². The van der Waals surface area contributed by atoms with E-state index in [0.29, 0.717) is 19.3 Å². The van der Waals surface area contributed by atoms with Gasteiger partial charge in [0.1, 0.15) is 13.2 Å². The Kier molecular flexibility index (Phi) is 51.8. The van der Waals surface area contributed by atoms with E-state index < -0.39 is 6.10 Å². The normalized spacial score (nSPS) is 12.4. The first kappa shape index (κ1) is 62.4. The van der Waals surface area contributed by atoms with Crippen molar-refractivity contribution < 1.29 is 28.6 Å². The molecule has 0 N–H and O–H groups in total. The fourth-order valence-electron chi connectivity index (χ4n) is 8.06. The largest absolute Gasteiger partial charge is 0.462 e. The highest BCUT2D eigenvalue weighted by Crippen LogP contribution is 2.16. The molecule has 0 heterocycles. The lowest BCUT2D eigenvalue weighted by atomic mass is 10.0. The SMILES string of the molecule is CCCCC/C=C/C/C=C/CCCCCCCCCC(=O)OCC(COC(=O)CC/C=C/C/C=C/CCCCCCCC)OC(=O)CCCCCCCCCCCCCCCCCCC. The minimum atomic E-state index is -0.796. The second kappa shape index (κ2) is 54.0. The maximum absolute atomic E-state index is 12.8. The van der Waals surface area contributed by atoms with E-state index in [-0.39, 0.29) is 37.5 Å². The van der Waals surface area contributed by atoms with Gasteiger partial charge in [-0.15, -0.1) is 0 Å². The molecule has 0 spiro atoms. The summed E-state index contributed by atoms with van der Waals surface area (Å²) in [6.45, 7) is 6.58. The number of unbranched alkanes of at least 4 members (excludes halogenated alkanes) is 32. The van der Waals surface area contributed by atoms with Crippen LogP contribution in [0.1, 0.15) is 290 Å². The van der Waals surface area contributed by atoms with Gasteiger partial charge in [0.25, 0.3) is 0 Å². The van der Waals surface area contributed by atoms with E-state index in [1.54, 1.807) is 0 Å². The van der Waals surface area contributed by atoms with Gasteiger partial charge in [-0.2, -0.15) is 0 Å². The summed E-state index contributed by atoms with van der Waals surface area (Å²) in [5.41, 5.74) is 0. The molecule has 0 aliphatic heterocycles. The van der Waals surface area contributed by atoms with Crippen LogP contribution in [0.3, 0.4) is 0 Å². The lowest BCUT2D eigenvalue weighted by molar-refractivity contribution is -0.166. The Hall–Kier alpha value is -2.63. The Morgan fingerprint density at radius 3 is 0.969 bits per heavy atom. The molecular weight excluding hydrogens is 805 g/mol. The number of hydrogen-bond acceptors (Lipinski definition) is 6. The molecule has 0 radical (unpaired) electrons. The Balaban J connectivity index is 4.40. The fourth-order valence-corrected chi connectivity index (χ4v) is 8.06. The molecule has 378 valence electrons. The van der Waals surface area contributed by atoms with Gasteiger partial charge in [0.15, 0.2) is 6.10 Å². The molecule has 6 heteroatoms. The summed E-state index contributed by atoms with van der Waals surface area (Å²) in [4.78, 5) is 38.0. The summed E-state index contributed by atoms with van der Waals surface area (Å²) in [5.74, 6) is -0.956. The first-order valence-electron chi connectivity index (χ1n) is 28.1. The van der Waals surface area contributed by atoms with Gasteiger partial charge in [-0.25, -0.2) is 0 Å². The number of ether oxygens (including phenoxy) is 3. The molecule has 0 saturated heterocycles. The molecule has 0 saturated carbocycles. The maximum Gasteiger partial charge on any atom is 0.306 e. The molecule has 0 aromatic carbocycles. The van der Waals surface area contributed by atoms with Crippen LogP contribution in [0.5, 0.6) is 0 Å². The van der Waals surface area contributed by atoms with E-state index in [1.807, 2.05) is 6.08 Å². The summed E-state index contributed by atoms with van der Waals surface area (Å²) in [7, 11) is 0. The van der Waals surface area contributed by atoms with Crippen molar-refractivity contribution in [1.82, 2.24) is 0 Å². The molecule has 65 heavy (non-hydrogen) atoms. The first-order chi connectivity index (χ1) is 32.0. The first-order valence-corrected chi connectivity index (χ1v) is 28.1. The van der Waals surface area contributed by atoms with Gasteiger partial charge >= 0.3 is 17.9 Å². The van der Waals surface area contributed by atoms with E-state index in [9.17, 15) is 14.4 Å². The molecule has 0 aromatic heterocycles. The highest BCUT2D eigenvalue weighted by atomic mass is 16.6. The quantitative estimate of drug-likeness (QED) is 0.0262. The smallest absolute Gasteiger partial charge is 0.306 e. The molecule has 1 atom stereocenters. The molecular formula is C59H106O6. The predicted molar refractivity (Wildman–Crippen MR) is 279 cm³/mol. The number of hydrogen-bond donors (Lipinski definition) is 0. The van der Waals surface area contributed by atoms with Crippen molar-refractivity contribution in [1.29, 1.82) is 0 Å². The number of allylic oxidation sites excluding steroid dienone is 8. The highest BCUT2D eigenvalue weighted by Gasteiger charge is 2.19. The Bertz CT molecular complexity index is 1140. The molecule has 1 unspecified atom stereocenters. The Morgan fingerprint density at radius 1 is 0.308 bits per heavy atom. The van der Waals surface area contributed by atoms with Crippen molar-refractivity contribution in [3.05, 3.63) is 48.6 Å².